The number of rotatable bonds is 6. The number of H-pyrrole nitrogens is 1. The largest absolute Gasteiger partial charge is 0.348 e. The lowest BCUT2D eigenvalue weighted by Crippen LogP contribution is -2.06. The molecule has 1 aliphatic carbocycles. The van der Waals surface area contributed by atoms with Gasteiger partial charge in [-0.2, -0.15) is 0 Å². The first kappa shape index (κ1) is 16.1. The zero-order valence-electron chi connectivity index (χ0n) is 14.8. The maximum Gasteiger partial charge on any atom is 0.165 e. The fourth-order valence-electron chi connectivity index (χ4n) is 4.10. The van der Waals surface area contributed by atoms with Gasteiger partial charge in [0.25, 0.3) is 0 Å². The van der Waals surface area contributed by atoms with E-state index >= 15 is 0 Å². The van der Waals surface area contributed by atoms with Gasteiger partial charge in [0, 0.05) is 41.3 Å². The molecular formula is C21H25N3O. The molecule has 1 fully saturated rings. The quantitative estimate of drug-likeness (QED) is 0.665. The van der Waals surface area contributed by atoms with Crippen LogP contribution in [0.3, 0.4) is 0 Å². The van der Waals surface area contributed by atoms with Gasteiger partial charge in [0.15, 0.2) is 5.78 Å². The van der Waals surface area contributed by atoms with Crippen molar-refractivity contribution in [1.82, 2.24) is 14.5 Å². The summed E-state index contributed by atoms with van der Waals surface area (Å²) in [5.74, 6) is 0.967. The van der Waals surface area contributed by atoms with E-state index in [0.717, 1.165) is 34.8 Å². The molecule has 0 unspecified atom stereocenters. The molecule has 0 radical (unpaired) electrons. The standard InChI is InChI=1S/C21H25N3O/c1-15-19(23-14-22-15)10-11-21(25)18-13-24(12-16-6-2-3-7-16)20-9-5-4-8-17(18)20/h4-5,8-9,13-14,16H,2-3,6-7,10-12H2,1H3,(H,22,23). The molecule has 0 atom stereocenters. The third-order valence-corrected chi connectivity index (χ3v) is 5.54. The minimum Gasteiger partial charge on any atom is -0.348 e. The van der Waals surface area contributed by atoms with Crippen LogP contribution < -0.4 is 0 Å². The number of fused-ring (bicyclic) bond motifs is 1. The average Bonchev–Trinajstić information content (AvgIpc) is 3.35. The van der Waals surface area contributed by atoms with E-state index < -0.39 is 0 Å². The number of carbonyl (C=O) groups is 1. The number of nitrogens with zero attached hydrogens (tertiary/aromatic N) is 2. The molecule has 4 rings (SSSR count). The van der Waals surface area contributed by atoms with Crippen molar-refractivity contribution in [3.63, 3.8) is 0 Å². The Balaban J connectivity index is 1.57. The highest BCUT2D eigenvalue weighted by Crippen LogP contribution is 2.29. The molecule has 1 aliphatic rings. The number of Topliss-reactive ketones (excluding diaryl/α,β-unsaturated/α-hetero) is 1. The molecule has 25 heavy (non-hydrogen) atoms. The summed E-state index contributed by atoms with van der Waals surface area (Å²) in [6.07, 6.45) is 10.3. The predicted molar refractivity (Wildman–Crippen MR) is 99.9 cm³/mol. The molecule has 0 saturated heterocycles. The van der Waals surface area contributed by atoms with Gasteiger partial charge >= 0.3 is 0 Å². The lowest BCUT2D eigenvalue weighted by molar-refractivity contribution is 0.0984. The number of aryl methyl sites for hydroxylation is 2. The van der Waals surface area contributed by atoms with E-state index in [1.165, 1.54) is 31.2 Å². The molecule has 4 nitrogen and oxygen atoms in total. The van der Waals surface area contributed by atoms with Gasteiger partial charge in [-0.15, -0.1) is 0 Å². The molecule has 0 bridgehead atoms. The molecule has 3 aromatic rings. The monoisotopic (exact) mass is 335 g/mol. The predicted octanol–water partition coefficient (Wildman–Crippen LogP) is 4.68. The number of carbonyl (C=O) groups excluding carboxylic acids is 1. The van der Waals surface area contributed by atoms with Crippen LogP contribution in [0.4, 0.5) is 0 Å². The van der Waals surface area contributed by atoms with E-state index in [0.29, 0.717) is 12.8 Å². The first-order chi connectivity index (χ1) is 12.2. The highest BCUT2D eigenvalue weighted by molar-refractivity contribution is 6.08. The van der Waals surface area contributed by atoms with Crippen molar-refractivity contribution in [2.45, 2.75) is 52.0 Å². The second kappa shape index (κ2) is 6.87. The van der Waals surface area contributed by atoms with E-state index in [2.05, 4.69) is 38.9 Å². The van der Waals surface area contributed by atoms with Crippen LogP contribution in [0.1, 0.15) is 53.8 Å². The summed E-state index contributed by atoms with van der Waals surface area (Å²) in [5.41, 5.74) is 4.09. The summed E-state index contributed by atoms with van der Waals surface area (Å²) in [6.45, 7) is 3.03. The third kappa shape index (κ3) is 3.26. The van der Waals surface area contributed by atoms with Crippen LogP contribution in [0.5, 0.6) is 0 Å². The zero-order chi connectivity index (χ0) is 17.2. The summed E-state index contributed by atoms with van der Waals surface area (Å²) in [5, 5.41) is 1.09. The Labute approximate surface area is 148 Å². The highest BCUT2D eigenvalue weighted by Gasteiger charge is 2.19. The lowest BCUT2D eigenvalue weighted by Gasteiger charge is -2.11. The second-order valence-corrected chi connectivity index (χ2v) is 7.26. The highest BCUT2D eigenvalue weighted by atomic mass is 16.1. The van der Waals surface area contributed by atoms with Crippen LogP contribution >= 0.6 is 0 Å². The molecule has 1 aromatic carbocycles. The number of para-hydroxylation sites is 1. The van der Waals surface area contributed by atoms with Crippen LogP contribution in [-0.2, 0) is 13.0 Å². The molecular weight excluding hydrogens is 310 g/mol. The van der Waals surface area contributed by atoms with Crippen LogP contribution in [0.15, 0.2) is 36.8 Å². The van der Waals surface area contributed by atoms with E-state index in [9.17, 15) is 4.79 Å². The summed E-state index contributed by atoms with van der Waals surface area (Å²) in [4.78, 5) is 20.2. The maximum absolute atomic E-state index is 12.9. The van der Waals surface area contributed by atoms with Crippen LogP contribution in [0, 0.1) is 12.8 Å². The van der Waals surface area contributed by atoms with Gasteiger partial charge < -0.3 is 9.55 Å². The summed E-state index contributed by atoms with van der Waals surface area (Å²) in [6, 6.07) is 8.30. The van der Waals surface area contributed by atoms with Crippen molar-refractivity contribution >= 4 is 16.7 Å². The molecule has 4 heteroatoms. The van der Waals surface area contributed by atoms with Crippen molar-refractivity contribution in [3.8, 4) is 0 Å². The smallest absolute Gasteiger partial charge is 0.165 e. The normalized spacial score (nSPS) is 15.2. The second-order valence-electron chi connectivity index (χ2n) is 7.26. The number of aromatic nitrogens is 3. The average molecular weight is 335 g/mol. The van der Waals surface area contributed by atoms with Crippen LogP contribution in [0.25, 0.3) is 10.9 Å². The van der Waals surface area contributed by atoms with Gasteiger partial charge in [0.1, 0.15) is 0 Å². The number of hydrogen-bond acceptors (Lipinski definition) is 2. The number of benzene rings is 1. The number of hydrogen-bond donors (Lipinski definition) is 1. The summed E-state index contributed by atoms with van der Waals surface area (Å²) < 4.78 is 2.30. The number of nitrogens with one attached hydrogen (secondary N) is 1. The topological polar surface area (TPSA) is 50.7 Å². The van der Waals surface area contributed by atoms with Crippen molar-refractivity contribution in [3.05, 3.63) is 53.7 Å². The molecule has 0 amide bonds. The van der Waals surface area contributed by atoms with Crippen molar-refractivity contribution in [1.29, 1.82) is 0 Å². The fourth-order valence-corrected chi connectivity index (χ4v) is 4.10. The zero-order valence-corrected chi connectivity index (χ0v) is 14.8. The first-order valence-corrected chi connectivity index (χ1v) is 9.32. The molecule has 0 aliphatic heterocycles. The Morgan fingerprint density at radius 3 is 2.84 bits per heavy atom. The molecule has 130 valence electrons. The van der Waals surface area contributed by atoms with Gasteiger partial charge in [-0.25, -0.2) is 4.98 Å². The van der Waals surface area contributed by atoms with Gasteiger partial charge in [0.2, 0.25) is 0 Å². The number of imidazole rings is 1. The minimum absolute atomic E-state index is 0.212. The fraction of sp³-hybridized carbons (Fsp3) is 0.429. The first-order valence-electron chi connectivity index (χ1n) is 9.32. The van der Waals surface area contributed by atoms with E-state index in [1.807, 2.05) is 13.0 Å². The number of ketones is 1. The summed E-state index contributed by atoms with van der Waals surface area (Å²) >= 11 is 0. The van der Waals surface area contributed by atoms with Gasteiger partial charge in [-0.3, -0.25) is 4.79 Å². The SMILES string of the molecule is Cc1[nH]cnc1CCC(=O)c1cn(CC2CCCC2)c2ccccc12. The van der Waals surface area contributed by atoms with Gasteiger partial charge in [0.05, 0.1) is 12.0 Å². The Morgan fingerprint density at radius 2 is 2.08 bits per heavy atom. The van der Waals surface area contributed by atoms with E-state index in [-0.39, 0.29) is 5.78 Å². The van der Waals surface area contributed by atoms with E-state index in [4.69, 9.17) is 0 Å². The van der Waals surface area contributed by atoms with Gasteiger partial charge in [-0.1, -0.05) is 31.0 Å². The Morgan fingerprint density at radius 1 is 1.28 bits per heavy atom. The van der Waals surface area contributed by atoms with Crippen LogP contribution in [-0.4, -0.2) is 20.3 Å². The lowest BCUT2D eigenvalue weighted by atomic mass is 10.0. The molecule has 1 saturated carbocycles. The molecule has 1 N–H and O–H groups in total. The Bertz CT molecular complexity index is 884. The van der Waals surface area contributed by atoms with Crippen molar-refractivity contribution in [2.24, 2.45) is 5.92 Å². The molecule has 2 aromatic heterocycles. The molecule has 2 heterocycles. The van der Waals surface area contributed by atoms with Crippen molar-refractivity contribution in [2.75, 3.05) is 0 Å². The minimum atomic E-state index is 0.212. The van der Waals surface area contributed by atoms with Crippen LogP contribution in [0.2, 0.25) is 0 Å². The maximum atomic E-state index is 12.9. The third-order valence-electron chi connectivity index (χ3n) is 5.54. The summed E-state index contributed by atoms with van der Waals surface area (Å²) in [7, 11) is 0. The van der Waals surface area contributed by atoms with Crippen molar-refractivity contribution < 1.29 is 4.79 Å². The number of aromatic amines is 1. The Kier molecular flexibility index (Phi) is 4.43. The van der Waals surface area contributed by atoms with Gasteiger partial charge in [-0.05, 0) is 38.2 Å². The van der Waals surface area contributed by atoms with E-state index in [1.54, 1.807) is 6.33 Å². The molecule has 0 spiro atoms. The Hall–Kier alpha value is -2.36.